The molecule has 0 unspecified atom stereocenters. The number of para-hydroxylation sites is 3. The van der Waals surface area contributed by atoms with Crippen LogP contribution in [0.1, 0.15) is 0 Å². The summed E-state index contributed by atoms with van der Waals surface area (Å²) in [5.41, 5.74) is 7.73. The van der Waals surface area contributed by atoms with E-state index >= 15 is 0 Å². The summed E-state index contributed by atoms with van der Waals surface area (Å²) in [6, 6.07) is 44.8. The van der Waals surface area contributed by atoms with Crippen LogP contribution in [-0.4, -0.2) is 0 Å². The summed E-state index contributed by atoms with van der Waals surface area (Å²) >= 11 is 1.86. The van der Waals surface area contributed by atoms with E-state index in [4.69, 9.17) is 9.47 Å². The first kappa shape index (κ1) is 21.8. The third-order valence-corrected chi connectivity index (χ3v) is 9.00. The molecular weight excluding hydrogens is 510 g/mol. The topological polar surface area (TPSA) is 21.7 Å². The van der Waals surface area contributed by atoms with Crippen LogP contribution in [0.3, 0.4) is 0 Å². The first-order valence-electron chi connectivity index (χ1n) is 13.3. The molecule has 9 rings (SSSR count). The standard InChI is InChI=1S/C36H21NO2S/c1-4-13-33-26(7-1)35-25(8-5-14-34(35)40-33)23-17-15-22(16-18-23)24-19-20-28-32(21-24)39-31-12-6-11-30-36(31)37(28)27-9-2-3-10-29(27)38-30/h1-21H. The van der Waals surface area contributed by atoms with E-state index in [1.165, 1.54) is 31.3 Å². The summed E-state index contributed by atoms with van der Waals surface area (Å²) in [6.07, 6.45) is 0. The lowest BCUT2D eigenvalue weighted by Crippen LogP contribution is -2.20. The predicted molar refractivity (Wildman–Crippen MR) is 165 cm³/mol. The Kier molecular flexibility index (Phi) is 4.48. The van der Waals surface area contributed by atoms with E-state index in [0.29, 0.717) is 0 Å². The van der Waals surface area contributed by atoms with Gasteiger partial charge in [-0.1, -0.05) is 78.9 Å². The lowest BCUT2D eigenvalue weighted by atomic mass is 9.96. The quantitative estimate of drug-likeness (QED) is 0.221. The number of anilines is 3. The molecule has 0 radical (unpaired) electrons. The molecule has 3 nitrogen and oxygen atoms in total. The molecule has 0 aliphatic carbocycles. The number of hydrogen-bond donors (Lipinski definition) is 0. The molecule has 2 aliphatic heterocycles. The first-order chi connectivity index (χ1) is 19.8. The van der Waals surface area contributed by atoms with Crippen LogP contribution in [0.2, 0.25) is 0 Å². The Hall–Kier alpha value is -5.06. The highest BCUT2D eigenvalue weighted by molar-refractivity contribution is 7.25. The van der Waals surface area contributed by atoms with E-state index in [1.54, 1.807) is 0 Å². The highest BCUT2D eigenvalue weighted by Gasteiger charge is 2.34. The molecule has 2 aliphatic rings. The first-order valence-corrected chi connectivity index (χ1v) is 14.2. The molecule has 6 aromatic carbocycles. The molecule has 0 saturated heterocycles. The fourth-order valence-electron chi connectivity index (χ4n) is 6.04. The van der Waals surface area contributed by atoms with Gasteiger partial charge in [-0.3, -0.25) is 4.90 Å². The molecular formula is C36H21NO2S. The Morgan fingerprint density at radius 1 is 0.475 bits per heavy atom. The zero-order valence-corrected chi connectivity index (χ0v) is 22.1. The minimum absolute atomic E-state index is 0.795. The second kappa shape index (κ2) is 8.22. The summed E-state index contributed by atoms with van der Waals surface area (Å²) in [5.74, 6) is 3.27. The van der Waals surface area contributed by atoms with Crippen molar-refractivity contribution in [1.82, 2.24) is 0 Å². The van der Waals surface area contributed by atoms with Crippen LogP contribution in [0.4, 0.5) is 17.1 Å². The third-order valence-electron chi connectivity index (χ3n) is 7.86. The number of ether oxygens (including phenoxy) is 2. The van der Waals surface area contributed by atoms with Gasteiger partial charge in [-0.05, 0) is 70.8 Å². The molecule has 0 spiro atoms. The van der Waals surface area contributed by atoms with Gasteiger partial charge in [0.2, 0.25) is 0 Å². The highest BCUT2D eigenvalue weighted by atomic mass is 32.1. The van der Waals surface area contributed by atoms with Gasteiger partial charge in [-0.2, -0.15) is 0 Å². The number of fused-ring (bicyclic) bond motifs is 7. The number of nitrogens with zero attached hydrogens (tertiary/aromatic N) is 1. The lowest BCUT2D eigenvalue weighted by Gasteiger charge is -2.37. The van der Waals surface area contributed by atoms with Gasteiger partial charge in [-0.25, -0.2) is 0 Å². The Labute approximate surface area is 235 Å². The SMILES string of the molecule is c1ccc2c(c1)Oc1cccc3c1N2c1ccc(-c2ccc(-c4cccc5sc6ccccc6c45)cc2)cc1O3. The number of thiophene rings is 1. The van der Waals surface area contributed by atoms with E-state index in [2.05, 4.69) is 95.9 Å². The van der Waals surface area contributed by atoms with Crippen molar-refractivity contribution >= 4 is 48.6 Å². The highest BCUT2D eigenvalue weighted by Crippen LogP contribution is 2.59. The van der Waals surface area contributed by atoms with E-state index in [9.17, 15) is 0 Å². The van der Waals surface area contributed by atoms with Crippen LogP contribution < -0.4 is 14.4 Å². The van der Waals surface area contributed by atoms with Crippen molar-refractivity contribution < 1.29 is 9.47 Å². The van der Waals surface area contributed by atoms with Crippen LogP contribution in [0, 0.1) is 0 Å². The van der Waals surface area contributed by atoms with Gasteiger partial charge < -0.3 is 9.47 Å². The minimum Gasteiger partial charge on any atom is -0.453 e. The summed E-state index contributed by atoms with van der Waals surface area (Å²) < 4.78 is 15.3. The molecule has 0 fully saturated rings. The second-order valence-electron chi connectivity index (χ2n) is 10.1. The molecule has 7 aromatic rings. The largest absolute Gasteiger partial charge is 0.453 e. The maximum Gasteiger partial charge on any atom is 0.155 e. The molecule has 188 valence electrons. The van der Waals surface area contributed by atoms with Crippen molar-refractivity contribution in [2.45, 2.75) is 0 Å². The van der Waals surface area contributed by atoms with Crippen molar-refractivity contribution in [3.8, 4) is 45.3 Å². The molecule has 4 heteroatoms. The van der Waals surface area contributed by atoms with Crippen LogP contribution in [0.5, 0.6) is 23.0 Å². The van der Waals surface area contributed by atoms with E-state index in [0.717, 1.165) is 51.2 Å². The van der Waals surface area contributed by atoms with Gasteiger partial charge >= 0.3 is 0 Å². The average Bonchev–Trinajstić information content (AvgIpc) is 3.40. The van der Waals surface area contributed by atoms with Crippen LogP contribution in [0.25, 0.3) is 42.4 Å². The van der Waals surface area contributed by atoms with Crippen molar-refractivity contribution in [1.29, 1.82) is 0 Å². The van der Waals surface area contributed by atoms with E-state index < -0.39 is 0 Å². The predicted octanol–water partition coefficient (Wildman–Crippen LogP) is 11.1. The van der Waals surface area contributed by atoms with E-state index in [1.807, 2.05) is 47.7 Å². The van der Waals surface area contributed by atoms with Crippen LogP contribution >= 0.6 is 11.3 Å². The van der Waals surface area contributed by atoms with Gasteiger partial charge in [0.25, 0.3) is 0 Å². The Balaban J connectivity index is 1.13. The maximum atomic E-state index is 6.45. The van der Waals surface area contributed by atoms with Crippen molar-refractivity contribution in [2.75, 3.05) is 4.90 Å². The lowest BCUT2D eigenvalue weighted by molar-refractivity contribution is 0.446. The minimum atomic E-state index is 0.795. The van der Waals surface area contributed by atoms with Crippen molar-refractivity contribution in [3.05, 3.63) is 127 Å². The molecule has 1 aromatic heterocycles. The third kappa shape index (κ3) is 3.11. The number of rotatable bonds is 2. The fourth-order valence-corrected chi connectivity index (χ4v) is 7.17. The Bertz CT molecular complexity index is 2130. The zero-order valence-electron chi connectivity index (χ0n) is 21.3. The molecule has 0 bridgehead atoms. The summed E-state index contributed by atoms with van der Waals surface area (Å²) in [5, 5.41) is 2.66. The molecule has 0 saturated carbocycles. The average molecular weight is 532 g/mol. The van der Waals surface area contributed by atoms with Gasteiger partial charge in [0, 0.05) is 20.2 Å². The Morgan fingerprint density at radius 2 is 1.12 bits per heavy atom. The van der Waals surface area contributed by atoms with E-state index in [-0.39, 0.29) is 0 Å². The van der Waals surface area contributed by atoms with Crippen LogP contribution in [-0.2, 0) is 0 Å². The molecule has 40 heavy (non-hydrogen) atoms. The summed E-state index contributed by atoms with van der Waals surface area (Å²) in [7, 11) is 0. The van der Waals surface area contributed by atoms with Crippen molar-refractivity contribution in [2.24, 2.45) is 0 Å². The summed E-state index contributed by atoms with van der Waals surface area (Å²) in [4.78, 5) is 2.25. The molecule has 3 heterocycles. The molecule has 0 amide bonds. The number of hydrogen-bond acceptors (Lipinski definition) is 4. The van der Waals surface area contributed by atoms with Crippen LogP contribution in [0.15, 0.2) is 127 Å². The van der Waals surface area contributed by atoms with Gasteiger partial charge in [0.1, 0.15) is 5.69 Å². The molecule has 0 N–H and O–H groups in total. The fraction of sp³-hybridized carbons (Fsp3) is 0. The summed E-state index contributed by atoms with van der Waals surface area (Å²) in [6.45, 7) is 0. The van der Waals surface area contributed by atoms with Gasteiger partial charge in [0.15, 0.2) is 23.0 Å². The smallest absolute Gasteiger partial charge is 0.155 e. The number of benzene rings is 6. The Morgan fingerprint density at radius 3 is 2.02 bits per heavy atom. The normalized spacial score (nSPS) is 12.8. The molecule has 0 atom stereocenters. The van der Waals surface area contributed by atoms with Gasteiger partial charge in [-0.15, -0.1) is 11.3 Å². The van der Waals surface area contributed by atoms with Crippen molar-refractivity contribution in [3.63, 3.8) is 0 Å². The monoisotopic (exact) mass is 531 g/mol. The maximum absolute atomic E-state index is 6.45. The van der Waals surface area contributed by atoms with Gasteiger partial charge in [0.05, 0.1) is 11.4 Å². The zero-order chi connectivity index (χ0) is 26.2. The second-order valence-corrected chi connectivity index (χ2v) is 11.2.